The number of hydrogen-bond acceptors (Lipinski definition) is 6. The monoisotopic (exact) mass is 433 g/mol. The number of rotatable bonds is 8. The van der Waals surface area contributed by atoms with Crippen molar-refractivity contribution in [1.82, 2.24) is 4.90 Å². The van der Waals surface area contributed by atoms with E-state index in [0.717, 1.165) is 0 Å². The van der Waals surface area contributed by atoms with Crippen LogP contribution in [-0.2, 0) is 16.4 Å². The van der Waals surface area contributed by atoms with Gasteiger partial charge in [-0.1, -0.05) is 23.2 Å². The second kappa shape index (κ2) is 8.84. The molecule has 0 amide bonds. The molecule has 9 heteroatoms. The fraction of sp³-hybridized carbons (Fsp3) is 0.444. The number of aliphatic hydroxyl groups excluding tert-OH is 1. The molecule has 6 nitrogen and oxygen atoms in total. The molecular formula is C18H21Cl2NO5S. The standard InChI is InChI=1S/C18H21Cl2NO5S/c19-13-3-4-18(17(20)8-13)26-11-15(22)9-21(10-16-2-1-6-25-16)14-5-7-27(23,24)12-14/h1-4,6,8,14-15,22H,5,7,9-12H2. The predicted molar refractivity (Wildman–Crippen MR) is 104 cm³/mol. The highest BCUT2D eigenvalue weighted by atomic mass is 35.5. The van der Waals surface area contributed by atoms with Crippen LogP contribution in [0.2, 0.25) is 10.0 Å². The highest BCUT2D eigenvalue weighted by molar-refractivity contribution is 7.91. The Balaban J connectivity index is 1.62. The van der Waals surface area contributed by atoms with Gasteiger partial charge in [0.25, 0.3) is 0 Å². The van der Waals surface area contributed by atoms with E-state index in [1.165, 1.54) is 0 Å². The molecular weight excluding hydrogens is 413 g/mol. The molecule has 0 aliphatic carbocycles. The maximum Gasteiger partial charge on any atom is 0.151 e. The van der Waals surface area contributed by atoms with Crippen LogP contribution in [0.3, 0.4) is 0 Å². The topological polar surface area (TPSA) is 80.0 Å². The molecule has 1 saturated heterocycles. The lowest BCUT2D eigenvalue weighted by atomic mass is 10.2. The number of sulfone groups is 1. The summed E-state index contributed by atoms with van der Waals surface area (Å²) in [4.78, 5) is 1.93. The molecule has 0 bridgehead atoms. The van der Waals surface area contributed by atoms with Crippen LogP contribution in [0.4, 0.5) is 0 Å². The third-order valence-electron chi connectivity index (χ3n) is 4.43. The average Bonchev–Trinajstić information content (AvgIpc) is 3.22. The van der Waals surface area contributed by atoms with Crippen molar-refractivity contribution in [2.75, 3.05) is 24.7 Å². The fourth-order valence-corrected chi connectivity index (χ4v) is 5.34. The second-order valence-electron chi connectivity index (χ2n) is 6.61. The summed E-state index contributed by atoms with van der Waals surface area (Å²) in [6.07, 6.45) is 1.29. The molecule has 2 atom stereocenters. The van der Waals surface area contributed by atoms with Crippen LogP contribution in [0.1, 0.15) is 12.2 Å². The molecule has 3 rings (SSSR count). The van der Waals surface area contributed by atoms with Crippen LogP contribution < -0.4 is 4.74 Å². The van der Waals surface area contributed by atoms with Crippen molar-refractivity contribution in [3.63, 3.8) is 0 Å². The van der Waals surface area contributed by atoms with Crippen LogP contribution in [-0.4, -0.2) is 55.2 Å². The number of aliphatic hydroxyl groups is 1. The first kappa shape index (κ1) is 20.5. The predicted octanol–water partition coefficient (Wildman–Crippen LogP) is 3.02. The van der Waals surface area contributed by atoms with Crippen molar-refractivity contribution in [2.45, 2.75) is 25.1 Å². The minimum Gasteiger partial charge on any atom is -0.489 e. The van der Waals surface area contributed by atoms with Gasteiger partial charge in [-0.3, -0.25) is 4.90 Å². The first-order valence-electron chi connectivity index (χ1n) is 8.55. The fourth-order valence-electron chi connectivity index (χ4n) is 3.11. The molecule has 0 saturated carbocycles. The lowest BCUT2D eigenvalue weighted by Crippen LogP contribution is -2.42. The van der Waals surface area contributed by atoms with Gasteiger partial charge < -0.3 is 14.3 Å². The Kier molecular flexibility index (Phi) is 6.70. The third-order valence-corrected chi connectivity index (χ3v) is 6.72. The van der Waals surface area contributed by atoms with Crippen molar-refractivity contribution in [3.8, 4) is 5.75 Å². The van der Waals surface area contributed by atoms with Crippen molar-refractivity contribution >= 4 is 33.0 Å². The number of furan rings is 1. The minimum absolute atomic E-state index is 0.0233. The van der Waals surface area contributed by atoms with Crippen LogP contribution in [0.15, 0.2) is 41.0 Å². The maximum absolute atomic E-state index is 11.8. The Labute approximate surface area is 168 Å². The molecule has 1 aliphatic heterocycles. The van der Waals surface area contributed by atoms with E-state index in [1.807, 2.05) is 11.0 Å². The normalized spacial score (nSPS) is 20.1. The number of benzene rings is 1. The SMILES string of the molecule is O=S1(=O)CCC(N(Cc2ccco2)CC(O)COc2ccc(Cl)cc2Cl)C1. The molecule has 1 N–H and O–H groups in total. The summed E-state index contributed by atoms with van der Waals surface area (Å²) < 4.78 is 34.7. The molecule has 2 aromatic rings. The summed E-state index contributed by atoms with van der Waals surface area (Å²) in [7, 11) is -3.04. The number of ether oxygens (including phenoxy) is 1. The van der Waals surface area contributed by atoms with Gasteiger partial charge in [-0.05, 0) is 36.8 Å². The summed E-state index contributed by atoms with van der Waals surface area (Å²) in [6.45, 7) is 0.702. The summed E-state index contributed by atoms with van der Waals surface area (Å²) in [5.74, 6) is 1.40. The Morgan fingerprint density at radius 1 is 1.33 bits per heavy atom. The van der Waals surface area contributed by atoms with Gasteiger partial charge in [0.2, 0.25) is 0 Å². The zero-order valence-electron chi connectivity index (χ0n) is 14.6. The van der Waals surface area contributed by atoms with Crippen molar-refractivity contribution in [3.05, 3.63) is 52.4 Å². The largest absolute Gasteiger partial charge is 0.489 e. The minimum atomic E-state index is -3.04. The van der Waals surface area contributed by atoms with Crippen LogP contribution in [0.25, 0.3) is 0 Å². The molecule has 2 heterocycles. The zero-order chi connectivity index (χ0) is 19.4. The van der Waals surface area contributed by atoms with E-state index in [1.54, 1.807) is 30.5 Å². The lowest BCUT2D eigenvalue weighted by Gasteiger charge is -2.29. The van der Waals surface area contributed by atoms with Crippen molar-refractivity contribution in [2.24, 2.45) is 0 Å². The van der Waals surface area contributed by atoms with Gasteiger partial charge >= 0.3 is 0 Å². The van der Waals surface area contributed by atoms with Crippen LogP contribution in [0, 0.1) is 0 Å². The van der Waals surface area contributed by atoms with Gasteiger partial charge in [-0.2, -0.15) is 0 Å². The van der Waals surface area contributed by atoms with E-state index >= 15 is 0 Å². The van der Waals surface area contributed by atoms with Gasteiger partial charge in [0.15, 0.2) is 9.84 Å². The molecule has 0 radical (unpaired) electrons. The molecule has 1 aromatic heterocycles. The average molecular weight is 434 g/mol. The third kappa shape index (κ3) is 5.86. The summed E-state index contributed by atoms with van der Waals surface area (Å²) in [5.41, 5.74) is 0. The Bertz CT molecular complexity index is 857. The van der Waals surface area contributed by atoms with Gasteiger partial charge in [0.1, 0.15) is 24.2 Å². The lowest BCUT2D eigenvalue weighted by molar-refractivity contribution is 0.0497. The smallest absolute Gasteiger partial charge is 0.151 e. The van der Waals surface area contributed by atoms with Gasteiger partial charge in [-0.25, -0.2) is 8.42 Å². The molecule has 27 heavy (non-hydrogen) atoms. The zero-order valence-corrected chi connectivity index (χ0v) is 16.9. The molecule has 1 fully saturated rings. The Hall–Kier alpha value is -1.25. The highest BCUT2D eigenvalue weighted by Crippen LogP contribution is 2.27. The quantitative estimate of drug-likeness (QED) is 0.688. The maximum atomic E-state index is 11.8. The first-order valence-corrected chi connectivity index (χ1v) is 11.1. The number of nitrogens with zero attached hydrogens (tertiary/aromatic N) is 1. The summed E-state index contributed by atoms with van der Waals surface area (Å²) in [6, 6.07) is 8.31. The van der Waals surface area contributed by atoms with E-state index in [9.17, 15) is 13.5 Å². The highest BCUT2D eigenvalue weighted by Gasteiger charge is 2.33. The molecule has 2 unspecified atom stereocenters. The molecule has 1 aromatic carbocycles. The molecule has 0 spiro atoms. The van der Waals surface area contributed by atoms with E-state index in [4.69, 9.17) is 32.4 Å². The van der Waals surface area contributed by atoms with E-state index in [0.29, 0.717) is 34.5 Å². The van der Waals surface area contributed by atoms with E-state index in [2.05, 4.69) is 0 Å². The van der Waals surface area contributed by atoms with Crippen LogP contribution >= 0.6 is 23.2 Å². The van der Waals surface area contributed by atoms with E-state index < -0.39 is 15.9 Å². The Morgan fingerprint density at radius 2 is 2.15 bits per heavy atom. The molecule has 148 valence electrons. The molecule has 1 aliphatic rings. The number of halogens is 2. The number of hydrogen-bond donors (Lipinski definition) is 1. The van der Waals surface area contributed by atoms with Crippen LogP contribution in [0.5, 0.6) is 5.75 Å². The van der Waals surface area contributed by atoms with Gasteiger partial charge in [-0.15, -0.1) is 0 Å². The van der Waals surface area contributed by atoms with Gasteiger partial charge in [0.05, 0.1) is 29.3 Å². The van der Waals surface area contributed by atoms with Crippen molar-refractivity contribution in [1.29, 1.82) is 0 Å². The van der Waals surface area contributed by atoms with E-state index in [-0.39, 0.29) is 30.7 Å². The second-order valence-corrected chi connectivity index (χ2v) is 9.68. The summed E-state index contributed by atoms with van der Waals surface area (Å²) in [5, 5.41) is 11.3. The summed E-state index contributed by atoms with van der Waals surface area (Å²) >= 11 is 11.9. The first-order chi connectivity index (χ1) is 12.8. The Morgan fingerprint density at radius 3 is 2.78 bits per heavy atom. The van der Waals surface area contributed by atoms with Gasteiger partial charge in [0, 0.05) is 17.6 Å². The van der Waals surface area contributed by atoms with Crippen molar-refractivity contribution < 1.29 is 22.7 Å².